The lowest BCUT2D eigenvalue weighted by molar-refractivity contribution is -0.154. The molecule has 1 heterocycles. The number of benzene rings is 2. The smallest absolute Gasteiger partial charge is 0.422 e. The van der Waals surface area contributed by atoms with Crippen molar-refractivity contribution in [2.45, 2.75) is 12.7 Å². The minimum atomic E-state index is -4.57. The Hall–Kier alpha value is -2.85. The summed E-state index contributed by atoms with van der Waals surface area (Å²) >= 11 is 11.6. The fourth-order valence-electron chi connectivity index (χ4n) is 2.19. The molecule has 0 spiro atoms. The molecule has 0 saturated heterocycles. The Kier molecular flexibility index (Phi) is 6.78. The number of nitrogens with one attached hydrogen (secondary N) is 2. The van der Waals surface area contributed by atoms with Crippen LogP contribution in [0.25, 0.3) is 0 Å². The zero-order valence-electron chi connectivity index (χ0n) is 15.0. The van der Waals surface area contributed by atoms with Gasteiger partial charge in [-0.3, -0.25) is 0 Å². The molecule has 0 amide bonds. The number of anilines is 3. The predicted molar refractivity (Wildman–Crippen MR) is 105 cm³/mol. The van der Waals surface area contributed by atoms with Crippen LogP contribution in [0.15, 0.2) is 42.5 Å². The maximum Gasteiger partial charge on any atom is 0.422 e. The van der Waals surface area contributed by atoms with Crippen LogP contribution in [0.4, 0.5) is 35.1 Å². The van der Waals surface area contributed by atoms with Crippen molar-refractivity contribution in [2.24, 2.45) is 0 Å². The molecule has 2 aromatic carbocycles. The first-order valence-corrected chi connectivity index (χ1v) is 9.09. The normalized spacial score (nSPS) is 11.3. The van der Waals surface area contributed by atoms with Crippen LogP contribution in [0.5, 0.6) is 6.01 Å². The van der Waals surface area contributed by atoms with Crippen molar-refractivity contribution < 1.29 is 22.3 Å². The van der Waals surface area contributed by atoms with Gasteiger partial charge in [-0.25, -0.2) is 4.39 Å². The van der Waals surface area contributed by atoms with Gasteiger partial charge in [-0.05, 0) is 35.9 Å². The summed E-state index contributed by atoms with van der Waals surface area (Å²) in [6.45, 7) is -1.31. The standard InChI is InChI=1S/C18H13Cl2F4N5O/c19-11-3-1-10(2-4-11)8-25-15-27-16(26-12-5-6-14(21)13(20)7-12)29-17(28-15)30-9-18(22,23)24/h1-7H,8-9H2,(H2,25,26,27,28,29). The van der Waals surface area contributed by atoms with Gasteiger partial charge in [0.2, 0.25) is 11.9 Å². The van der Waals surface area contributed by atoms with E-state index in [2.05, 4.69) is 30.3 Å². The Morgan fingerprint density at radius 3 is 2.30 bits per heavy atom. The quantitative estimate of drug-likeness (QED) is 0.445. The highest BCUT2D eigenvalue weighted by molar-refractivity contribution is 6.31. The molecule has 0 atom stereocenters. The summed E-state index contributed by atoms with van der Waals surface area (Å²) in [7, 11) is 0. The first kappa shape index (κ1) is 21.8. The van der Waals surface area contributed by atoms with E-state index in [1.165, 1.54) is 12.1 Å². The molecule has 12 heteroatoms. The third-order valence-electron chi connectivity index (χ3n) is 3.52. The predicted octanol–water partition coefficient (Wildman–Crippen LogP) is 5.61. The Labute approximate surface area is 178 Å². The first-order chi connectivity index (χ1) is 14.2. The van der Waals surface area contributed by atoms with E-state index in [0.717, 1.165) is 11.6 Å². The molecule has 0 bridgehead atoms. The van der Waals surface area contributed by atoms with E-state index in [0.29, 0.717) is 10.7 Å². The van der Waals surface area contributed by atoms with E-state index in [4.69, 9.17) is 23.2 Å². The summed E-state index contributed by atoms with van der Waals surface area (Å²) in [4.78, 5) is 11.7. The number of hydrogen-bond acceptors (Lipinski definition) is 6. The van der Waals surface area contributed by atoms with Crippen LogP contribution in [0.2, 0.25) is 10.0 Å². The number of hydrogen-bond donors (Lipinski definition) is 2. The summed E-state index contributed by atoms with van der Waals surface area (Å²) in [6.07, 6.45) is -4.57. The van der Waals surface area contributed by atoms with Crippen molar-refractivity contribution in [1.29, 1.82) is 0 Å². The molecule has 1 aromatic heterocycles. The van der Waals surface area contributed by atoms with E-state index in [9.17, 15) is 17.6 Å². The van der Waals surface area contributed by atoms with Gasteiger partial charge >= 0.3 is 12.2 Å². The molecule has 3 aromatic rings. The van der Waals surface area contributed by atoms with Gasteiger partial charge in [0.05, 0.1) is 5.02 Å². The zero-order valence-corrected chi connectivity index (χ0v) is 16.5. The number of ether oxygens (including phenoxy) is 1. The Balaban J connectivity index is 1.81. The zero-order chi connectivity index (χ0) is 21.7. The minimum absolute atomic E-state index is 0.0344. The fraction of sp³-hybridized carbons (Fsp3) is 0.167. The summed E-state index contributed by atoms with van der Waals surface area (Å²) in [5.74, 6) is -0.784. The van der Waals surface area contributed by atoms with Crippen LogP contribution >= 0.6 is 23.2 Å². The van der Waals surface area contributed by atoms with E-state index < -0.39 is 24.6 Å². The second-order valence-corrected chi connectivity index (χ2v) is 6.75. The number of alkyl halides is 3. The Morgan fingerprint density at radius 2 is 1.63 bits per heavy atom. The maximum absolute atomic E-state index is 13.3. The topological polar surface area (TPSA) is 72.0 Å². The highest BCUT2D eigenvalue weighted by atomic mass is 35.5. The largest absolute Gasteiger partial charge is 0.454 e. The van der Waals surface area contributed by atoms with Gasteiger partial charge in [0.15, 0.2) is 6.61 Å². The molecule has 2 N–H and O–H groups in total. The number of halogens is 6. The lowest BCUT2D eigenvalue weighted by Gasteiger charge is -2.12. The van der Waals surface area contributed by atoms with Gasteiger partial charge < -0.3 is 15.4 Å². The molecule has 6 nitrogen and oxygen atoms in total. The van der Waals surface area contributed by atoms with Crippen LogP contribution in [-0.2, 0) is 6.54 Å². The number of nitrogens with zero attached hydrogens (tertiary/aromatic N) is 3. The number of rotatable bonds is 7. The Morgan fingerprint density at radius 1 is 0.933 bits per heavy atom. The van der Waals surface area contributed by atoms with Crippen LogP contribution < -0.4 is 15.4 Å². The fourth-order valence-corrected chi connectivity index (χ4v) is 2.50. The second-order valence-electron chi connectivity index (χ2n) is 5.90. The van der Waals surface area contributed by atoms with Crippen molar-refractivity contribution in [1.82, 2.24) is 15.0 Å². The summed E-state index contributed by atoms with van der Waals surface area (Å²) in [5, 5.41) is 6.01. The Bertz CT molecular complexity index is 1020. The molecule has 0 radical (unpaired) electrons. The minimum Gasteiger partial charge on any atom is -0.454 e. The third kappa shape index (κ3) is 6.60. The second kappa shape index (κ2) is 9.31. The van der Waals surface area contributed by atoms with E-state index in [1.54, 1.807) is 24.3 Å². The monoisotopic (exact) mass is 461 g/mol. The van der Waals surface area contributed by atoms with Crippen LogP contribution in [0, 0.1) is 5.82 Å². The van der Waals surface area contributed by atoms with Crippen molar-refractivity contribution in [2.75, 3.05) is 17.2 Å². The van der Waals surface area contributed by atoms with Gasteiger partial charge in [-0.15, -0.1) is 0 Å². The summed E-state index contributed by atoms with van der Waals surface area (Å²) in [5.41, 5.74) is 1.15. The van der Waals surface area contributed by atoms with Gasteiger partial charge in [0.1, 0.15) is 5.82 Å². The lowest BCUT2D eigenvalue weighted by atomic mass is 10.2. The molecule has 0 aliphatic heterocycles. The van der Waals surface area contributed by atoms with Gasteiger partial charge in [-0.1, -0.05) is 35.3 Å². The molecule has 0 saturated carbocycles. The van der Waals surface area contributed by atoms with Crippen LogP contribution in [-0.4, -0.2) is 27.7 Å². The average Bonchev–Trinajstić information content (AvgIpc) is 2.68. The average molecular weight is 462 g/mol. The van der Waals surface area contributed by atoms with Gasteiger partial charge in [0, 0.05) is 17.3 Å². The van der Waals surface area contributed by atoms with E-state index in [1.807, 2.05) is 0 Å². The van der Waals surface area contributed by atoms with Crippen molar-refractivity contribution in [3.05, 3.63) is 63.9 Å². The number of aromatic nitrogens is 3. The summed E-state index contributed by atoms with van der Waals surface area (Å²) < 4.78 is 55.4. The first-order valence-electron chi connectivity index (χ1n) is 8.34. The molecule has 0 aliphatic carbocycles. The molecule has 30 heavy (non-hydrogen) atoms. The van der Waals surface area contributed by atoms with E-state index >= 15 is 0 Å². The van der Waals surface area contributed by atoms with Crippen molar-refractivity contribution in [3.8, 4) is 6.01 Å². The van der Waals surface area contributed by atoms with Crippen molar-refractivity contribution >= 4 is 40.8 Å². The SMILES string of the molecule is Fc1ccc(Nc2nc(NCc3ccc(Cl)cc3)nc(OCC(F)(F)F)n2)cc1Cl. The molecule has 3 rings (SSSR count). The molecular weight excluding hydrogens is 449 g/mol. The molecule has 0 aliphatic rings. The molecular formula is C18H13Cl2F4N5O. The lowest BCUT2D eigenvalue weighted by Crippen LogP contribution is -2.21. The summed E-state index contributed by atoms with van der Waals surface area (Å²) in [6, 6.07) is 10.1. The van der Waals surface area contributed by atoms with Gasteiger partial charge in [0.25, 0.3) is 0 Å². The van der Waals surface area contributed by atoms with Crippen LogP contribution in [0.1, 0.15) is 5.56 Å². The third-order valence-corrected chi connectivity index (χ3v) is 4.06. The highest BCUT2D eigenvalue weighted by Crippen LogP contribution is 2.23. The van der Waals surface area contributed by atoms with E-state index in [-0.39, 0.29) is 23.5 Å². The molecule has 0 unspecified atom stereocenters. The van der Waals surface area contributed by atoms with Crippen molar-refractivity contribution in [3.63, 3.8) is 0 Å². The maximum atomic E-state index is 13.3. The molecule has 158 valence electrons. The van der Waals surface area contributed by atoms with Crippen LogP contribution in [0.3, 0.4) is 0 Å². The van der Waals surface area contributed by atoms with Gasteiger partial charge in [-0.2, -0.15) is 28.1 Å². The highest BCUT2D eigenvalue weighted by Gasteiger charge is 2.29. The molecule has 0 fully saturated rings.